The van der Waals surface area contributed by atoms with Gasteiger partial charge in [0.2, 0.25) is 5.95 Å². The highest BCUT2D eigenvalue weighted by molar-refractivity contribution is 5.69. The summed E-state index contributed by atoms with van der Waals surface area (Å²) in [5, 5.41) is 0. The highest BCUT2D eigenvalue weighted by Crippen LogP contribution is 2.75. The number of nitrogens with zero attached hydrogens (tertiary/aromatic N) is 4. The third-order valence-corrected chi connectivity index (χ3v) is 11.5. The smallest absolute Gasteiger partial charge is 0.306 e. The topological polar surface area (TPSA) is 67.8 Å². The van der Waals surface area contributed by atoms with Crippen LogP contribution < -0.4 is 9.64 Å². The summed E-state index contributed by atoms with van der Waals surface area (Å²) in [6, 6.07) is 10.1. The molecule has 2 aromatic rings. The van der Waals surface area contributed by atoms with E-state index in [0.29, 0.717) is 35.8 Å². The number of rotatable bonds is 7. The van der Waals surface area contributed by atoms with Crippen molar-refractivity contribution in [3.05, 3.63) is 46.8 Å². The van der Waals surface area contributed by atoms with Crippen molar-refractivity contribution in [3.63, 3.8) is 0 Å². The Labute approximate surface area is 251 Å². The number of anilines is 1. The van der Waals surface area contributed by atoms with E-state index in [2.05, 4.69) is 47.9 Å². The summed E-state index contributed by atoms with van der Waals surface area (Å²) in [6.07, 6.45) is 8.56. The number of esters is 1. The first-order chi connectivity index (χ1) is 20.0. The van der Waals surface area contributed by atoms with Gasteiger partial charge in [-0.15, -0.1) is 0 Å². The number of fused-ring (bicyclic) bond motifs is 1. The molecule has 2 saturated heterocycles. The predicted molar refractivity (Wildman–Crippen MR) is 164 cm³/mol. The number of ether oxygens (including phenoxy) is 2. The van der Waals surface area contributed by atoms with Gasteiger partial charge in [-0.05, 0) is 139 Å². The summed E-state index contributed by atoms with van der Waals surface area (Å²) in [4.78, 5) is 27.7. The molecule has 42 heavy (non-hydrogen) atoms. The van der Waals surface area contributed by atoms with Gasteiger partial charge in [0, 0.05) is 41.9 Å². The molecule has 226 valence electrons. The van der Waals surface area contributed by atoms with Crippen molar-refractivity contribution < 1.29 is 14.3 Å². The van der Waals surface area contributed by atoms with Gasteiger partial charge in [0.05, 0.1) is 7.11 Å². The number of carbonyl (C=O) groups excluding carboxylic acids is 1. The normalized spacial score (nSPS) is 32.9. The van der Waals surface area contributed by atoms with Gasteiger partial charge in [-0.1, -0.05) is 6.07 Å². The van der Waals surface area contributed by atoms with Crippen LogP contribution in [0.1, 0.15) is 88.2 Å². The molecule has 7 nitrogen and oxygen atoms in total. The molecule has 2 aliphatic heterocycles. The van der Waals surface area contributed by atoms with E-state index in [1.54, 1.807) is 12.7 Å². The van der Waals surface area contributed by atoms with Gasteiger partial charge < -0.3 is 14.4 Å². The summed E-state index contributed by atoms with van der Waals surface area (Å²) in [5.74, 6) is 3.15. The lowest BCUT2D eigenvalue weighted by molar-refractivity contribution is -0.155. The van der Waals surface area contributed by atoms with E-state index in [9.17, 15) is 4.79 Å². The Kier molecular flexibility index (Phi) is 6.65. The molecular weight excluding hydrogens is 524 g/mol. The number of benzene rings is 1. The van der Waals surface area contributed by atoms with Gasteiger partial charge >= 0.3 is 5.97 Å². The molecule has 4 fully saturated rings. The average Bonchev–Trinajstić information content (AvgIpc) is 3.37. The fourth-order valence-electron chi connectivity index (χ4n) is 10.5. The Hall–Kier alpha value is -2.67. The number of unbranched alkanes of at least 4 members (excludes halogenated alkanes) is 1. The summed E-state index contributed by atoms with van der Waals surface area (Å²) in [6.45, 7) is 13.3. The molecular formula is C35H48N4O3. The SMILES string of the molecule is COc1ccc2c(c1)C13CCN(CCCCC(=O)OC(C)(C)C)C(C2)C12CCC1C3[C@@H](CN1c1nc(C)cc(C)n1)C2. The van der Waals surface area contributed by atoms with Crippen LogP contribution in [0.25, 0.3) is 0 Å². The Balaban J connectivity index is 1.19. The maximum atomic E-state index is 12.3. The molecule has 6 atom stereocenters. The monoisotopic (exact) mass is 572 g/mol. The quantitative estimate of drug-likeness (QED) is 0.307. The van der Waals surface area contributed by atoms with Gasteiger partial charge in [0.25, 0.3) is 0 Å². The fraction of sp³-hybridized carbons (Fsp3) is 0.686. The number of aromatic nitrogens is 2. The second kappa shape index (κ2) is 9.93. The van der Waals surface area contributed by atoms with E-state index in [1.807, 2.05) is 20.8 Å². The molecule has 0 radical (unpaired) electrons. The van der Waals surface area contributed by atoms with E-state index in [4.69, 9.17) is 19.4 Å². The zero-order valence-electron chi connectivity index (χ0n) is 26.4. The molecule has 3 heterocycles. The molecule has 4 bridgehead atoms. The van der Waals surface area contributed by atoms with Crippen molar-refractivity contribution in [1.29, 1.82) is 0 Å². The van der Waals surface area contributed by atoms with Crippen molar-refractivity contribution >= 4 is 11.9 Å². The van der Waals surface area contributed by atoms with Gasteiger partial charge in [0.1, 0.15) is 11.4 Å². The Morgan fingerprint density at radius 2 is 1.88 bits per heavy atom. The minimum atomic E-state index is -0.413. The molecule has 1 aromatic heterocycles. The lowest BCUT2D eigenvalue weighted by Crippen LogP contribution is -2.69. The number of likely N-dealkylation sites (tertiary alicyclic amines) is 1. The third-order valence-electron chi connectivity index (χ3n) is 11.5. The van der Waals surface area contributed by atoms with E-state index >= 15 is 0 Å². The first-order valence-corrected chi connectivity index (χ1v) is 16.3. The zero-order valence-corrected chi connectivity index (χ0v) is 26.4. The van der Waals surface area contributed by atoms with E-state index in [1.165, 1.54) is 31.2 Å². The Morgan fingerprint density at radius 3 is 2.62 bits per heavy atom. The Bertz CT molecular complexity index is 1370. The van der Waals surface area contributed by atoms with Crippen LogP contribution in [0.3, 0.4) is 0 Å². The van der Waals surface area contributed by atoms with Crippen LogP contribution in [0.15, 0.2) is 24.3 Å². The maximum Gasteiger partial charge on any atom is 0.306 e. The molecule has 3 aliphatic carbocycles. The van der Waals surface area contributed by atoms with E-state index < -0.39 is 5.60 Å². The number of aryl methyl sites for hydroxylation is 2. The highest BCUT2D eigenvalue weighted by atomic mass is 16.6. The molecule has 7 heteroatoms. The van der Waals surface area contributed by atoms with Gasteiger partial charge in [-0.2, -0.15) is 0 Å². The lowest BCUT2D eigenvalue weighted by atomic mass is 9.43. The van der Waals surface area contributed by atoms with Crippen LogP contribution in [-0.4, -0.2) is 65.3 Å². The Morgan fingerprint density at radius 1 is 1.10 bits per heavy atom. The second-order valence-corrected chi connectivity index (χ2v) is 14.9. The largest absolute Gasteiger partial charge is 0.497 e. The standard InChI is InChI=1S/C35H48N4O3/c1-22-17-23(2)37-32(36-22)39-21-25-20-34-13-12-28(39)31(25)35(34)14-16-38(15-8-7-9-30(40)42-33(3,4)5)29(34)18-24-10-11-26(41-6)19-27(24)35/h10-11,17,19,25,28-29,31H,7-9,12-16,18,20-21H2,1-6H3/t25-,28?,29?,31?,34?,35?/m1/s1. The van der Waals surface area contributed by atoms with E-state index in [0.717, 1.165) is 62.0 Å². The number of hydrogen-bond donors (Lipinski definition) is 0. The molecule has 0 spiro atoms. The van der Waals surface area contributed by atoms with Crippen molar-refractivity contribution in [1.82, 2.24) is 14.9 Å². The van der Waals surface area contributed by atoms with E-state index in [-0.39, 0.29) is 11.4 Å². The van der Waals surface area contributed by atoms with Gasteiger partial charge in [0.15, 0.2) is 0 Å². The summed E-state index contributed by atoms with van der Waals surface area (Å²) in [7, 11) is 1.80. The van der Waals surface area contributed by atoms with Crippen molar-refractivity contribution in [3.8, 4) is 5.75 Å². The van der Waals surface area contributed by atoms with Crippen LogP contribution in [0, 0.1) is 31.1 Å². The minimum Gasteiger partial charge on any atom is -0.497 e. The molecule has 5 aliphatic rings. The first kappa shape index (κ1) is 28.1. The van der Waals surface area contributed by atoms with Crippen LogP contribution >= 0.6 is 0 Å². The lowest BCUT2D eigenvalue weighted by Gasteiger charge is -2.66. The summed E-state index contributed by atoms with van der Waals surface area (Å²) < 4.78 is 11.4. The van der Waals surface area contributed by atoms with Crippen LogP contribution in [0.5, 0.6) is 5.75 Å². The fourth-order valence-corrected chi connectivity index (χ4v) is 10.5. The minimum absolute atomic E-state index is 0.0708. The highest BCUT2D eigenvalue weighted by Gasteiger charge is 2.76. The zero-order chi connectivity index (χ0) is 29.4. The molecule has 1 aromatic carbocycles. The van der Waals surface area contributed by atoms with Crippen molar-refractivity contribution in [2.24, 2.45) is 17.3 Å². The van der Waals surface area contributed by atoms with Crippen LogP contribution in [0.4, 0.5) is 5.95 Å². The molecule has 2 saturated carbocycles. The summed E-state index contributed by atoms with van der Waals surface area (Å²) in [5.41, 5.74) is 5.30. The first-order valence-electron chi connectivity index (χ1n) is 16.3. The maximum absolute atomic E-state index is 12.3. The summed E-state index contributed by atoms with van der Waals surface area (Å²) >= 11 is 0. The number of piperidine rings is 1. The second-order valence-electron chi connectivity index (χ2n) is 14.9. The van der Waals surface area contributed by atoms with Crippen molar-refractivity contribution in [2.75, 3.05) is 31.6 Å². The third kappa shape index (κ3) is 4.20. The molecule has 5 unspecified atom stereocenters. The predicted octanol–water partition coefficient (Wildman–Crippen LogP) is 5.79. The van der Waals surface area contributed by atoms with Crippen LogP contribution in [-0.2, 0) is 21.4 Å². The number of methoxy groups -OCH3 is 1. The average molecular weight is 573 g/mol. The van der Waals surface area contributed by atoms with Crippen molar-refractivity contribution in [2.45, 2.75) is 109 Å². The molecule has 0 amide bonds. The molecule has 0 N–H and O–H groups in total. The van der Waals surface area contributed by atoms with Gasteiger partial charge in [-0.25, -0.2) is 9.97 Å². The number of carbonyl (C=O) groups is 1. The molecule has 7 rings (SSSR count). The number of hydrogen-bond acceptors (Lipinski definition) is 7. The van der Waals surface area contributed by atoms with Crippen LogP contribution in [0.2, 0.25) is 0 Å². The van der Waals surface area contributed by atoms with Gasteiger partial charge in [-0.3, -0.25) is 9.69 Å².